The third-order valence-corrected chi connectivity index (χ3v) is 2.59. The molecule has 0 N–H and O–H groups in total. The van der Waals surface area contributed by atoms with E-state index in [1.807, 2.05) is 0 Å². The van der Waals surface area contributed by atoms with E-state index in [2.05, 4.69) is 5.10 Å². The van der Waals surface area contributed by atoms with E-state index in [0.29, 0.717) is 0 Å². The van der Waals surface area contributed by atoms with E-state index in [-0.39, 0.29) is 23.1 Å². The zero-order valence-electron chi connectivity index (χ0n) is 9.72. The van der Waals surface area contributed by atoms with Crippen molar-refractivity contribution in [3.63, 3.8) is 0 Å². The highest BCUT2D eigenvalue weighted by atomic mass is 35.5. The predicted molar refractivity (Wildman–Crippen MR) is 63.1 cm³/mol. The van der Waals surface area contributed by atoms with Crippen molar-refractivity contribution < 1.29 is 9.18 Å². The highest BCUT2D eigenvalue weighted by Crippen LogP contribution is 2.12. The van der Waals surface area contributed by atoms with Crippen molar-refractivity contribution in [2.75, 3.05) is 14.1 Å². The molecular weight excluding hydrogens is 263 g/mol. The second kappa shape index (κ2) is 4.41. The summed E-state index contributed by atoms with van der Waals surface area (Å²) in [4.78, 5) is 24.7. The Balaban J connectivity index is 2.55. The number of carbonyl (C=O) groups is 1. The van der Waals surface area contributed by atoms with E-state index >= 15 is 0 Å². The van der Waals surface area contributed by atoms with Crippen LogP contribution in [-0.4, -0.2) is 39.1 Å². The normalized spacial score (nSPS) is 10.9. The number of pyridine rings is 1. The maximum absolute atomic E-state index is 13.5. The fourth-order valence-electron chi connectivity index (χ4n) is 1.42. The molecule has 0 aliphatic carbocycles. The molecule has 0 saturated carbocycles. The predicted octanol–water partition coefficient (Wildman–Crippen LogP) is 0.377. The first kappa shape index (κ1) is 12.6. The number of rotatable bonds is 2. The molecule has 2 aromatic heterocycles. The average molecular weight is 273 g/mol. The first-order valence-corrected chi connectivity index (χ1v) is 5.42. The maximum atomic E-state index is 13.5. The Morgan fingerprint density at radius 3 is 2.83 bits per heavy atom. The first-order valence-electron chi connectivity index (χ1n) is 5.04. The van der Waals surface area contributed by atoms with Crippen LogP contribution in [0.5, 0.6) is 0 Å². The van der Waals surface area contributed by atoms with Crippen LogP contribution in [0.1, 0.15) is 0 Å². The number of aromatic nitrogens is 3. The van der Waals surface area contributed by atoms with Crippen LogP contribution in [0.2, 0.25) is 5.02 Å². The summed E-state index contributed by atoms with van der Waals surface area (Å²) >= 11 is 5.65. The Kier molecular flexibility index (Phi) is 3.08. The number of halogens is 2. The van der Waals surface area contributed by atoms with Gasteiger partial charge in [0.15, 0.2) is 11.5 Å². The van der Waals surface area contributed by atoms with Gasteiger partial charge in [-0.05, 0) is 6.07 Å². The summed E-state index contributed by atoms with van der Waals surface area (Å²) in [6.07, 6.45) is 1.26. The molecule has 1 amide bonds. The lowest BCUT2D eigenvalue weighted by atomic mass is 10.4. The molecule has 0 aliphatic heterocycles. The second-order valence-electron chi connectivity index (χ2n) is 3.93. The molecule has 0 spiro atoms. The van der Waals surface area contributed by atoms with Crippen molar-refractivity contribution in [2.24, 2.45) is 0 Å². The molecule has 0 radical (unpaired) electrons. The zero-order chi connectivity index (χ0) is 13.4. The fraction of sp³-hybridized carbons (Fsp3) is 0.300. The topological polar surface area (TPSA) is 59.6 Å². The molecule has 6 nitrogen and oxygen atoms in total. The number of nitrogens with zero attached hydrogens (tertiary/aromatic N) is 4. The van der Waals surface area contributed by atoms with Crippen LogP contribution in [0.3, 0.4) is 0 Å². The van der Waals surface area contributed by atoms with Crippen molar-refractivity contribution in [3.8, 4) is 0 Å². The number of amides is 1. The highest BCUT2D eigenvalue weighted by molar-refractivity contribution is 6.30. The van der Waals surface area contributed by atoms with Crippen molar-refractivity contribution in [2.45, 2.75) is 6.54 Å². The van der Waals surface area contributed by atoms with E-state index < -0.39 is 11.5 Å². The number of carbonyl (C=O) groups excluding carboxylic acids is 1. The van der Waals surface area contributed by atoms with Gasteiger partial charge in [-0.25, -0.2) is 18.3 Å². The quantitative estimate of drug-likeness (QED) is 0.794. The van der Waals surface area contributed by atoms with Gasteiger partial charge in [0.25, 0.3) is 0 Å². The molecule has 18 heavy (non-hydrogen) atoms. The van der Waals surface area contributed by atoms with E-state index in [0.717, 1.165) is 15.1 Å². The number of fused-ring (bicyclic) bond motifs is 1. The summed E-state index contributed by atoms with van der Waals surface area (Å²) < 4.78 is 15.4. The molecule has 2 aromatic rings. The summed E-state index contributed by atoms with van der Waals surface area (Å²) in [5, 5.41) is 3.85. The van der Waals surface area contributed by atoms with Crippen LogP contribution >= 0.6 is 11.6 Å². The van der Waals surface area contributed by atoms with Gasteiger partial charge in [-0.3, -0.25) is 4.79 Å². The van der Waals surface area contributed by atoms with Gasteiger partial charge in [-0.1, -0.05) is 11.6 Å². The zero-order valence-corrected chi connectivity index (χ0v) is 10.5. The standard InChI is InChI=1S/C10H10ClFN4O2/c1-14(2)8(17)5-16-10(18)15-4-6(11)3-7(12)9(15)13-16/h3-4H,5H2,1-2H3. The highest BCUT2D eigenvalue weighted by Gasteiger charge is 2.15. The molecule has 0 bridgehead atoms. The van der Waals surface area contributed by atoms with Gasteiger partial charge in [0.1, 0.15) is 6.54 Å². The lowest BCUT2D eigenvalue weighted by Gasteiger charge is -2.08. The second-order valence-corrected chi connectivity index (χ2v) is 4.36. The van der Waals surface area contributed by atoms with Crippen molar-refractivity contribution in [1.29, 1.82) is 0 Å². The van der Waals surface area contributed by atoms with Crippen LogP contribution in [0.4, 0.5) is 4.39 Å². The summed E-state index contributed by atoms with van der Waals surface area (Å²) in [6, 6.07) is 1.06. The molecule has 2 heterocycles. The monoisotopic (exact) mass is 272 g/mol. The Bertz CT molecular complexity index is 676. The van der Waals surface area contributed by atoms with Crippen LogP contribution in [0.25, 0.3) is 5.65 Å². The lowest BCUT2D eigenvalue weighted by Crippen LogP contribution is -2.31. The first-order chi connectivity index (χ1) is 8.40. The molecule has 96 valence electrons. The van der Waals surface area contributed by atoms with Crippen LogP contribution in [0.15, 0.2) is 17.1 Å². The fourth-order valence-corrected chi connectivity index (χ4v) is 1.61. The molecule has 2 rings (SSSR count). The Hall–Kier alpha value is -1.89. The van der Waals surface area contributed by atoms with Gasteiger partial charge in [0.2, 0.25) is 5.91 Å². The third kappa shape index (κ3) is 2.08. The van der Waals surface area contributed by atoms with Crippen LogP contribution < -0.4 is 5.69 Å². The molecule has 8 heteroatoms. The largest absolute Gasteiger partial charge is 0.350 e. The molecule has 0 atom stereocenters. The van der Waals surface area contributed by atoms with Gasteiger partial charge in [-0.2, -0.15) is 0 Å². The third-order valence-electron chi connectivity index (χ3n) is 2.38. The Labute approximate surface area is 106 Å². The minimum absolute atomic E-state index is 0.0839. The number of hydrogen-bond acceptors (Lipinski definition) is 3. The lowest BCUT2D eigenvalue weighted by molar-refractivity contribution is -0.129. The van der Waals surface area contributed by atoms with E-state index in [1.54, 1.807) is 14.1 Å². The molecule has 0 aliphatic rings. The smallest absolute Gasteiger partial charge is 0.347 e. The van der Waals surface area contributed by atoms with Gasteiger partial charge in [0, 0.05) is 20.3 Å². The summed E-state index contributed by atoms with van der Waals surface area (Å²) in [6.45, 7) is -0.245. The van der Waals surface area contributed by atoms with Crippen molar-refractivity contribution >= 4 is 23.2 Å². The summed E-state index contributed by atoms with van der Waals surface area (Å²) in [5.74, 6) is -1.03. The van der Waals surface area contributed by atoms with E-state index in [4.69, 9.17) is 11.6 Å². The van der Waals surface area contributed by atoms with Gasteiger partial charge < -0.3 is 4.90 Å². The SMILES string of the molecule is CN(C)C(=O)Cn1nc2c(F)cc(Cl)cn2c1=O. The number of hydrogen-bond donors (Lipinski definition) is 0. The van der Waals surface area contributed by atoms with Crippen LogP contribution in [0, 0.1) is 5.82 Å². The molecule has 0 unspecified atom stereocenters. The van der Waals surface area contributed by atoms with Gasteiger partial charge >= 0.3 is 5.69 Å². The average Bonchev–Trinajstić information content (AvgIpc) is 2.57. The Morgan fingerprint density at radius 2 is 2.22 bits per heavy atom. The molecule has 0 fully saturated rings. The van der Waals surface area contributed by atoms with E-state index in [1.165, 1.54) is 11.1 Å². The van der Waals surface area contributed by atoms with Gasteiger partial charge in [0.05, 0.1) is 5.02 Å². The van der Waals surface area contributed by atoms with Crippen molar-refractivity contribution in [3.05, 3.63) is 33.6 Å². The summed E-state index contributed by atoms with van der Waals surface area (Å²) in [7, 11) is 3.11. The van der Waals surface area contributed by atoms with Crippen molar-refractivity contribution in [1.82, 2.24) is 19.1 Å². The molecule has 0 aromatic carbocycles. The molecule has 0 saturated heterocycles. The van der Waals surface area contributed by atoms with E-state index in [9.17, 15) is 14.0 Å². The minimum Gasteiger partial charge on any atom is -0.347 e. The maximum Gasteiger partial charge on any atom is 0.350 e. The number of likely N-dealkylation sites (N-methyl/N-ethyl adjacent to an activating group) is 1. The molecular formula is C10H10ClFN4O2. The van der Waals surface area contributed by atoms with Gasteiger partial charge in [-0.15, -0.1) is 5.10 Å². The minimum atomic E-state index is -0.712. The van der Waals surface area contributed by atoms with Crippen LogP contribution in [-0.2, 0) is 11.3 Å². The summed E-state index contributed by atoms with van der Waals surface area (Å²) in [5.41, 5.74) is -0.766. The Morgan fingerprint density at radius 1 is 1.56 bits per heavy atom.